The van der Waals surface area contributed by atoms with Crippen LogP contribution in [0.1, 0.15) is 25.6 Å². The smallest absolute Gasteiger partial charge is 0.100 e. The largest absolute Gasteiger partial charge is 0.309 e. The van der Waals surface area contributed by atoms with Crippen LogP contribution in [0.5, 0.6) is 0 Å². The maximum absolute atomic E-state index is 4.55. The standard InChI is InChI=1S/C16H18N4/c1-3-17-12(2)14-9-8-13(10-18-14)20-11-19-15-6-4-5-7-16(15)20/h4-12,17H,3H2,1-2H3. The lowest BCUT2D eigenvalue weighted by molar-refractivity contribution is 0.583. The van der Waals surface area contributed by atoms with E-state index in [0.717, 1.165) is 29.0 Å². The Morgan fingerprint density at radius 3 is 2.75 bits per heavy atom. The van der Waals surface area contributed by atoms with E-state index in [0.29, 0.717) is 0 Å². The maximum Gasteiger partial charge on any atom is 0.100 e. The van der Waals surface area contributed by atoms with Gasteiger partial charge in [0, 0.05) is 6.04 Å². The van der Waals surface area contributed by atoms with E-state index in [4.69, 9.17) is 0 Å². The number of hydrogen-bond acceptors (Lipinski definition) is 3. The van der Waals surface area contributed by atoms with Crippen LogP contribution in [0.15, 0.2) is 48.9 Å². The molecule has 0 aliphatic carbocycles. The molecule has 3 rings (SSSR count). The molecule has 102 valence electrons. The van der Waals surface area contributed by atoms with Crippen molar-refractivity contribution in [2.75, 3.05) is 6.54 Å². The van der Waals surface area contributed by atoms with Crippen LogP contribution in [-0.2, 0) is 0 Å². The van der Waals surface area contributed by atoms with Crippen molar-refractivity contribution in [1.82, 2.24) is 19.9 Å². The van der Waals surface area contributed by atoms with Crippen LogP contribution in [-0.4, -0.2) is 21.1 Å². The van der Waals surface area contributed by atoms with Gasteiger partial charge < -0.3 is 5.32 Å². The minimum Gasteiger partial charge on any atom is -0.309 e. The summed E-state index contributed by atoms with van der Waals surface area (Å²) in [5, 5.41) is 3.36. The highest BCUT2D eigenvalue weighted by Gasteiger charge is 2.07. The molecule has 0 fully saturated rings. The van der Waals surface area contributed by atoms with Gasteiger partial charge in [-0.05, 0) is 37.7 Å². The second-order valence-electron chi connectivity index (χ2n) is 4.82. The summed E-state index contributed by atoms with van der Waals surface area (Å²) < 4.78 is 2.06. The first kappa shape index (κ1) is 12.8. The second kappa shape index (κ2) is 5.43. The Balaban J connectivity index is 1.95. The van der Waals surface area contributed by atoms with Crippen LogP contribution in [0, 0.1) is 0 Å². The summed E-state index contributed by atoms with van der Waals surface area (Å²) in [6.07, 6.45) is 3.74. The van der Waals surface area contributed by atoms with Gasteiger partial charge >= 0.3 is 0 Å². The first-order valence-electron chi connectivity index (χ1n) is 6.91. The molecule has 2 heterocycles. The Morgan fingerprint density at radius 1 is 1.15 bits per heavy atom. The van der Waals surface area contributed by atoms with Gasteiger partial charge in [0.2, 0.25) is 0 Å². The van der Waals surface area contributed by atoms with E-state index in [1.807, 2.05) is 30.7 Å². The Kier molecular flexibility index (Phi) is 3.48. The summed E-state index contributed by atoms with van der Waals surface area (Å²) in [5.41, 5.74) is 4.19. The van der Waals surface area contributed by atoms with Crippen molar-refractivity contribution in [3.63, 3.8) is 0 Å². The third-order valence-electron chi connectivity index (χ3n) is 3.46. The van der Waals surface area contributed by atoms with Crippen molar-refractivity contribution in [2.24, 2.45) is 0 Å². The van der Waals surface area contributed by atoms with Crippen molar-refractivity contribution in [2.45, 2.75) is 19.9 Å². The Labute approximate surface area is 118 Å². The highest BCUT2D eigenvalue weighted by molar-refractivity contribution is 5.77. The number of nitrogens with one attached hydrogen (secondary N) is 1. The van der Waals surface area contributed by atoms with E-state index >= 15 is 0 Å². The van der Waals surface area contributed by atoms with Gasteiger partial charge in [0.1, 0.15) is 6.33 Å². The topological polar surface area (TPSA) is 42.7 Å². The van der Waals surface area contributed by atoms with Gasteiger partial charge in [0.15, 0.2) is 0 Å². The molecule has 0 saturated carbocycles. The lowest BCUT2D eigenvalue weighted by Gasteiger charge is -2.12. The molecular weight excluding hydrogens is 248 g/mol. The molecule has 1 N–H and O–H groups in total. The molecule has 1 aromatic carbocycles. The molecule has 0 saturated heterocycles. The van der Waals surface area contributed by atoms with Crippen LogP contribution in [0.25, 0.3) is 16.7 Å². The molecule has 20 heavy (non-hydrogen) atoms. The molecule has 0 amide bonds. The number of fused-ring (bicyclic) bond motifs is 1. The zero-order valence-corrected chi connectivity index (χ0v) is 11.7. The number of para-hydroxylation sites is 2. The van der Waals surface area contributed by atoms with E-state index in [1.165, 1.54) is 0 Å². The monoisotopic (exact) mass is 266 g/mol. The average molecular weight is 266 g/mol. The second-order valence-corrected chi connectivity index (χ2v) is 4.82. The van der Waals surface area contributed by atoms with E-state index < -0.39 is 0 Å². The van der Waals surface area contributed by atoms with Crippen LogP contribution in [0.4, 0.5) is 0 Å². The Morgan fingerprint density at radius 2 is 2.00 bits per heavy atom. The number of aromatic nitrogens is 3. The van der Waals surface area contributed by atoms with Crippen LogP contribution in [0.2, 0.25) is 0 Å². The van der Waals surface area contributed by atoms with E-state index in [9.17, 15) is 0 Å². The SMILES string of the molecule is CCNC(C)c1ccc(-n2cnc3ccccc32)cn1. The highest BCUT2D eigenvalue weighted by Crippen LogP contribution is 2.18. The van der Waals surface area contributed by atoms with Gasteiger partial charge in [-0.15, -0.1) is 0 Å². The molecular formula is C16H18N4. The first-order chi connectivity index (χ1) is 9.79. The molecule has 1 unspecified atom stereocenters. The molecule has 0 aliphatic rings. The molecule has 0 radical (unpaired) electrons. The quantitative estimate of drug-likeness (QED) is 0.789. The number of pyridine rings is 1. The maximum atomic E-state index is 4.55. The fraction of sp³-hybridized carbons (Fsp3) is 0.250. The summed E-state index contributed by atoms with van der Waals surface area (Å²) in [4.78, 5) is 8.95. The van der Waals surface area contributed by atoms with E-state index in [-0.39, 0.29) is 6.04 Å². The molecule has 0 spiro atoms. The summed E-state index contributed by atoms with van der Waals surface area (Å²) >= 11 is 0. The van der Waals surface area contributed by atoms with Crippen molar-refractivity contribution in [1.29, 1.82) is 0 Å². The van der Waals surface area contributed by atoms with Crippen LogP contribution >= 0.6 is 0 Å². The van der Waals surface area contributed by atoms with Gasteiger partial charge in [-0.3, -0.25) is 9.55 Å². The van der Waals surface area contributed by atoms with E-state index in [1.54, 1.807) is 0 Å². The molecule has 0 aliphatic heterocycles. The number of benzene rings is 1. The van der Waals surface area contributed by atoms with Crippen molar-refractivity contribution >= 4 is 11.0 Å². The predicted molar refractivity (Wildman–Crippen MR) is 81.0 cm³/mol. The molecule has 0 bridgehead atoms. The van der Waals surface area contributed by atoms with Crippen molar-refractivity contribution in [3.05, 3.63) is 54.6 Å². The fourth-order valence-electron chi connectivity index (χ4n) is 2.37. The van der Waals surface area contributed by atoms with Gasteiger partial charge in [-0.2, -0.15) is 0 Å². The van der Waals surface area contributed by atoms with Gasteiger partial charge in [-0.25, -0.2) is 4.98 Å². The molecule has 3 aromatic rings. The van der Waals surface area contributed by atoms with Crippen LogP contribution < -0.4 is 5.32 Å². The molecule has 4 nitrogen and oxygen atoms in total. The van der Waals surface area contributed by atoms with Crippen LogP contribution in [0.3, 0.4) is 0 Å². The third-order valence-corrected chi connectivity index (χ3v) is 3.46. The number of imidazole rings is 1. The predicted octanol–water partition coefficient (Wildman–Crippen LogP) is 3.09. The zero-order chi connectivity index (χ0) is 13.9. The Bertz CT molecular complexity index is 700. The molecule has 4 heteroatoms. The lowest BCUT2D eigenvalue weighted by Crippen LogP contribution is -2.18. The number of hydrogen-bond donors (Lipinski definition) is 1. The number of nitrogens with zero attached hydrogens (tertiary/aromatic N) is 3. The lowest BCUT2D eigenvalue weighted by atomic mass is 10.2. The molecule has 2 aromatic heterocycles. The zero-order valence-electron chi connectivity index (χ0n) is 11.7. The fourth-order valence-corrected chi connectivity index (χ4v) is 2.37. The average Bonchev–Trinajstić information content (AvgIpc) is 2.92. The van der Waals surface area contributed by atoms with Gasteiger partial charge in [0.25, 0.3) is 0 Å². The summed E-state index contributed by atoms with van der Waals surface area (Å²) in [7, 11) is 0. The minimum absolute atomic E-state index is 0.272. The van der Waals surface area contributed by atoms with Gasteiger partial charge in [-0.1, -0.05) is 19.1 Å². The first-order valence-corrected chi connectivity index (χ1v) is 6.91. The minimum atomic E-state index is 0.272. The van der Waals surface area contributed by atoms with Gasteiger partial charge in [0.05, 0.1) is 28.6 Å². The molecule has 1 atom stereocenters. The summed E-state index contributed by atoms with van der Waals surface area (Å²) in [6.45, 7) is 5.16. The highest BCUT2D eigenvalue weighted by atomic mass is 15.1. The number of rotatable bonds is 4. The summed E-state index contributed by atoms with van der Waals surface area (Å²) in [6, 6.07) is 12.5. The van der Waals surface area contributed by atoms with E-state index in [2.05, 4.69) is 51.9 Å². The Hall–Kier alpha value is -2.20. The third kappa shape index (κ3) is 2.30. The van der Waals surface area contributed by atoms with Crippen molar-refractivity contribution in [3.8, 4) is 5.69 Å². The van der Waals surface area contributed by atoms with Crippen molar-refractivity contribution < 1.29 is 0 Å². The normalized spacial score (nSPS) is 12.7. The summed E-state index contributed by atoms with van der Waals surface area (Å²) in [5.74, 6) is 0.